The molecule has 0 aliphatic carbocycles. The van der Waals surface area contributed by atoms with Gasteiger partial charge in [-0.3, -0.25) is 4.99 Å². The number of nitrogens with zero attached hydrogens (tertiary/aromatic N) is 2. The molecule has 1 saturated heterocycles. The van der Waals surface area contributed by atoms with Gasteiger partial charge in [0, 0.05) is 27.2 Å². The number of piperidine rings is 1. The van der Waals surface area contributed by atoms with Gasteiger partial charge in [0.05, 0.1) is 0 Å². The second-order valence-electron chi connectivity index (χ2n) is 5.03. The van der Waals surface area contributed by atoms with Crippen LogP contribution in [0.2, 0.25) is 0 Å². The second-order valence-corrected chi connectivity index (χ2v) is 5.03. The predicted molar refractivity (Wildman–Crippen MR) is 92.4 cm³/mol. The molecule has 2 unspecified atom stereocenters. The van der Waals surface area contributed by atoms with E-state index in [4.69, 9.17) is 0 Å². The molecule has 0 radical (unpaired) electrons. The van der Waals surface area contributed by atoms with Crippen molar-refractivity contribution in [2.24, 2.45) is 10.9 Å². The van der Waals surface area contributed by atoms with Crippen molar-refractivity contribution in [1.29, 1.82) is 0 Å². The number of rotatable bonds is 1. The van der Waals surface area contributed by atoms with Gasteiger partial charge in [-0.25, -0.2) is 0 Å². The summed E-state index contributed by atoms with van der Waals surface area (Å²) < 4.78 is 0. The lowest BCUT2D eigenvalue weighted by Gasteiger charge is -2.38. The van der Waals surface area contributed by atoms with E-state index in [1.165, 1.54) is 12.0 Å². The average Bonchev–Trinajstić information content (AvgIpc) is 2.41. The molecule has 0 spiro atoms. The van der Waals surface area contributed by atoms with Crippen molar-refractivity contribution in [2.75, 3.05) is 27.2 Å². The van der Waals surface area contributed by atoms with Gasteiger partial charge in [-0.2, -0.15) is 0 Å². The molecule has 1 aliphatic heterocycles. The Morgan fingerprint density at radius 2 is 2.00 bits per heavy atom. The molecule has 4 heteroatoms. The SMILES string of the molecule is CN=C(NC)N1CCC(c2ccccc2)C(C)C1.I. The summed E-state index contributed by atoms with van der Waals surface area (Å²) in [6, 6.07) is 10.9. The summed E-state index contributed by atoms with van der Waals surface area (Å²) in [6.45, 7) is 4.50. The minimum Gasteiger partial charge on any atom is -0.359 e. The number of nitrogens with one attached hydrogen (secondary N) is 1. The zero-order chi connectivity index (χ0) is 13.0. The van der Waals surface area contributed by atoms with Crippen LogP contribution < -0.4 is 5.32 Å². The standard InChI is InChI=1S/C15H23N3.HI/c1-12-11-18(15(16-2)17-3)10-9-14(12)13-7-5-4-6-8-13;/h4-8,12,14H,9-11H2,1-3H3,(H,16,17);1H. The van der Waals surface area contributed by atoms with Crippen molar-refractivity contribution in [3.63, 3.8) is 0 Å². The van der Waals surface area contributed by atoms with E-state index in [0.29, 0.717) is 11.8 Å². The van der Waals surface area contributed by atoms with Crippen molar-refractivity contribution in [2.45, 2.75) is 19.3 Å². The molecular weight excluding hydrogens is 349 g/mol. The van der Waals surface area contributed by atoms with Gasteiger partial charge in [0.2, 0.25) is 0 Å². The molecular formula is C15H24IN3. The number of aliphatic imine (C=N–C) groups is 1. The van der Waals surface area contributed by atoms with Crippen LogP contribution in [0.25, 0.3) is 0 Å². The monoisotopic (exact) mass is 373 g/mol. The Labute approximate surface area is 133 Å². The highest BCUT2D eigenvalue weighted by Gasteiger charge is 2.28. The fourth-order valence-corrected chi connectivity index (χ4v) is 2.94. The van der Waals surface area contributed by atoms with Gasteiger partial charge < -0.3 is 10.2 Å². The minimum atomic E-state index is 0. The van der Waals surface area contributed by atoms with Crippen LogP contribution in [0.15, 0.2) is 35.3 Å². The third-order valence-electron chi connectivity index (χ3n) is 3.87. The van der Waals surface area contributed by atoms with Gasteiger partial charge in [-0.1, -0.05) is 37.3 Å². The highest BCUT2D eigenvalue weighted by Crippen LogP contribution is 2.32. The van der Waals surface area contributed by atoms with Crippen molar-refractivity contribution in [1.82, 2.24) is 10.2 Å². The number of benzene rings is 1. The molecule has 1 aliphatic rings. The zero-order valence-corrected chi connectivity index (χ0v) is 14.3. The smallest absolute Gasteiger partial charge is 0.193 e. The van der Waals surface area contributed by atoms with Gasteiger partial charge in [0.1, 0.15) is 0 Å². The van der Waals surface area contributed by atoms with Crippen LogP contribution in [0.1, 0.15) is 24.8 Å². The largest absolute Gasteiger partial charge is 0.359 e. The molecule has 0 saturated carbocycles. The maximum atomic E-state index is 4.29. The summed E-state index contributed by atoms with van der Waals surface area (Å²) in [6.07, 6.45) is 1.20. The van der Waals surface area contributed by atoms with E-state index < -0.39 is 0 Å². The van der Waals surface area contributed by atoms with Crippen molar-refractivity contribution in [3.05, 3.63) is 35.9 Å². The maximum absolute atomic E-state index is 4.29. The molecule has 1 aromatic rings. The van der Waals surface area contributed by atoms with Crippen molar-refractivity contribution >= 4 is 29.9 Å². The maximum Gasteiger partial charge on any atom is 0.193 e. The van der Waals surface area contributed by atoms with E-state index in [9.17, 15) is 0 Å². The van der Waals surface area contributed by atoms with Crippen LogP contribution in [0.3, 0.4) is 0 Å². The predicted octanol–water partition coefficient (Wildman–Crippen LogP) is 2.94. The molecule has 0 aromatic heterocycles. The first-order valence-electron chi connectivity index (χ1n) is 6.70. The first-order valence-corrected chi connectivity index (χ1v) is 6.70. The fraction of sp³-hybridized carbons (Fsp3) is 0.533. The lowest BCUT2D eigenvalue weighted by Crippen LogP contribution is -2.46. The molecule has 1 N–H and O–H groups in total. The lowest BCUT2D eigenvalue weighted by molar-refractivity contribution is 0.235. The Morgan fingerprint density at radius 1 is 1.32 bits per heavy atom. The van der Waals surface area contributed by atoms with E-state index in [1.54, 1.807) is 0 Å². The number of hydrogen-bond donors (Lipinski definition) is 1. The van der Waals surface area contributed by atoms with Crippen LogP contribution in [-0.2, 0) is 0 Å². The Balaban J connectivity index is 0.00000180. The molecule has 2 atom stereocenters. The van der Waals surface area contributed by atoms with Gasteiger partial charge in [-0.05, 0) is 23.8 Å². The highest BCUT2D eigenvalue weighted by molar-refractivity contribution is 14.0. The average molecular weight is 373 g/mol. The summed E-state index contributed by atoms with van der Waals surface area (Å²) in [5.41, 5.74) is 1.48. The van der Waals surface area contributed by atoms with Crippen molar-refractivity contribution < 1.29 is 0 Å². The lowest BCUT2D eigenvalue weighted by atomic mass is 9.82. The van der Waals surface area contributed by atoms with E-state index in [1.807, 2.05) is 14.1 Å². The Morgan fingerprint density at radius 3 is 2.53 bits per heavy atom. The molecule has 3 nitrogen and oxygen atoms in total. The highest BCUT2D eigenvalue weighted by atomic mass is 127. The normalized spacial score (nSPS) is 23.7. The fourth-order valence-electron chi connectivity index (χ4n) is 2.94. The zero-order valence-electron chi connectivity index (χ0n) is 12.0. The summed E-state index contributed by atoms with van der Waals surface area (Å²) >= 11 is 0. The number of guanidine groups is 1. The van der Waals surface area contributed by atoms with Gasteiger partial charge >= 0.3 is 0 Å². The molecule has 19 heavy (non-hydrogen) atoms. The summed E-state index contributed by atoms with van der Waals surface area (Å²) in [4.78, 5) is 6.65. The third-order valence-corrected chi connectivity index (χ3v) is 3.87. The van der Waals surface area contributed by atoms with Gasteiger partial charge in [0.25, 0.3) is 0 Å². The van der Waals surface area contributed by atoms with E-state index in [2.05, 4.69) is 52.5 Å². The van der Waals surface area contributed by atoms with Crippen LogP contribution in [0.4, 0.5) is 0 Å². The first-order chi connectivity index (χ1) is 8.76. The molecule has 1 fully saturated rings. The van der Waals surface area contributed by atoms with Crippen LogP contribution >= 0.6 is 24.0 Å². The molecule has 1 heterocycles. The Hall–Kier alpha value is -0.780. The molecule has 1 aromatic carbocycles. The van der Waals surface area contributed by atoms with Crippen LogP contribution in [0.5, 0.6) is 0 Å². The van der Waals surface area contributed by atoms with Crippen LogP contribution in [-0.4, -0.2) is 38.0 Å². The van der Waals surface area contributed by atoms with Gasteiger partial charge in [-0.15, -0.1) is 24.0 Å². The Bertz CT molecular complexity index is 405. The first kappa shape index (κ1) is 16.3. The third kappa shape index (κ3) is 3.84. The second kappa shape index (κ2) is 7.72. The summed E-state index contributed by atoms with van der Waals surface area (Å²) in [5, 5.41) is 3.17. The van der Waals surface area contributed by atoms with E-state index in [-0.39, 0.29) is 24.0 Å². The number of hydrogen-bond acceptors (Lipinski definition) is 1. The molecule has 0 amide bonds. The molecule has 0 bridgehead atoms. The summed E-state index contributed by atoms with van der Waals surface area (Å²) in [5.74, 6) is 2.34. The number of halogens is 1. The van der Waals surface area contributed by atoms with E-state index >= 15 is 0 Å². The van der Waals surface area contributed by atoms with Crippen molar-refractivity contribution in [3.8, 4) is 0 Å². The number of likely N-dealkylation sites (tertiary alicyclic amines) is 1. The summed E-state index contributed by atoms with van der Waals surface area (Å²) in [7, 11) is 3.79. The van der Waals surface area contributed by atoms with Crippen LogP contribution in [0, 0.1) is 5.92 Å². The Kier molecular flexibility index (Phi) is 6.62. The minimum absolute atomic E-state index is 0. The molecule has 106 valence electrons. The molecule has 2 rings (SSSR count). The topological polar surface area (TPSA) is 27.6 Å². The van der Waals surface area contributed by atoms with Gasteiger partial charge in [0.15, 0.2) is 5.96 Å². The van der Waals surface area contributed by atoms with E-state index in [0.717, 1.165) is 19.0 Å². The quantitative estimate of drug-likeness (QED) is 0.466.